The van der Waals surface area contributed by atoms with E-state index < -0.39 is 0 Å². The monoisotopic (exact) mass is 703 g/mol. The van der Waals surface area contributed by atoms with Gasteiger partial charge in [0.05, 0.1) is 5.69 Å². The van der Waals surface area contributed by atoms with Gasteiger partial charge in [0.2, 0.25) is 0 Å². The Morgan fingerprint density at radius 3 is 1.72 bits per heavy atom. The molecule has 1 heterocycles. The lowest BCUT2D eigenvalue weighted by Crippen LogP contribution is -2.11. The molecule has 0 radical (unpaired) electrons. The van der Waals surface area contributed by atoms with Crippen LogP contribution in [0.1, 0.15) is 0 Å². The van der Waals surface area contributed by atoms with Crippen LogP contribution in [0.5, 0.6) is 0 Å². The molecule has 10 aromatic carbocycles. The number of para-hydroxylation sites is 1. The molecule has 0 aliphatic rings. The third kappa shape index (κ3) is 4.99. The summed E-state index contributed by atoms with van der Waals surface area (Å²) < 4.78 is 2.64. The van der Waals surface area contributed by atoms with Crippen LogP contribution in [0.3, 0.4) is 0 Å². The first-order valence-electron chi connectivity index (χ1n) is 18.5. The van der Waals surface area contributed by atoms with Gasteiger partial charge >= 0.3 is 0 Å². The Morgan fingerprint density at radius 2 is 0.889 bits per heavy atom. The zero-order valence-electron chi connectivity index (χ0n) is 29.4. The van der Waals surface area contributed by atoms with Crippen LogP contribution in [-0.4, -0.2) is 0 Å². The van der Waals surface area contributed by atoms with E-state index in [1.54, 1.807) is 0 Å². The van der Waals surface area contributed by atoms with Crippen LogP contribution in [0, 0.1) is 0 Å². The fourth-order valence-corrected chi connectivity index (χ4v) is 9.62. The minimum absolute atomic E-state index is 1.11. The van der Waals surface area contributed by atoms with Gasteiger partial charge in [-0.15, -0.1) is 11.3 Å². The second kappa shape index (κ2) is 12.4. The standard InChI is InChI=1S/C52H33NS/c1-2-14-39-32-51-48(31-38(39)13-1)52-44(19-10-22-50(52)54-51)36-25-28-40(29-26-36)53(41-30-27-37-24-23-35-12-4-6-17-43(35)47(37)33-41)49-21-8-7-18-46(49)45-20-9-15-34-11-3-5-16-42(34)45/h1-33H. The van der Waals surface area contributed by atoms with E-state index in [4.69, 9.17) is 0 Å². The van der Waals surface area contributed by atoms with E-state index in [0.29, 0.717) is 0 Å². The third-order valence-corrected chi connectivity index (χ3v) is 12.1. The summed E-state index contributed by atoms with van der Waals surface area (Å²) in [4.78, 5) is 2.44. The second-order valence-corrected chi connectivity index (χ2v) is 15.2. The Balaban J connectivity index is 1.11. The summed E-state index contributed by atoms with van der Waals surface area (Å²) in [5, 5.41) is 12.7. The molecule has 0 bridgehead atoms. The van der Waals surface area contributed by atoms with E-state index in [9.17, 15) is 0 Å². The number of fused-ring (bicyclic) bond motifs is 8. The SMILES string of the molecule is c1ccc(N(c2ccc(-c3cccc4sc5cc6ccccc6cc5c34)cc2)c2ccc3ccc4ccccc4c3c2)c(-c2cccc3ccccc23)c1. The Hall–Kier alpha value is -6.74. The predicted molar refractivity (Wildman–Crippen MR) is 235 cm³/mol. The maximum Gasteiger partial charge on any atom is 0.0540 e. The maximum atomic E-state index is 2.44. The molecule has 54 heavy (non-hydrogen) atoms. The summed E-state index contributed by atoms with van der Waals surface area (Å²) in [5.74, 6) is 0. The maximum absolute atomic E-state index is 2.44. The number of nitrogens with zero attached hydrogens (tertiary/aromatic N) is 1. The predicted octanol–water partition coefficient (Wildman–Crippen LogP) is 15.5. The highest BCUT2D eigenvalue weighted by Gasteiger charge is 2.20. The van der Waals surface area contributed by atoms with Gasteiger partial charge in [-0.25, -0.2) is 0 Å². The summed E-state index contributed by atoms with van der Waals surface area (Å²) in [6, 6.07) is 73.6. The molecule has 11 rings (SSSR count). The van der Waals surface area contributed by atoms with Crippen molar-refractivity contribution in [2.24, 2.45) is 0 Å². The molecule has 0 unspecified atom stereocenters. The summed E-state index contributed by atoms with van der Waals surface area (Å²) in [7, 11) is 0. The van der Waals surface area contributed by atoms with Gasteiger partial charge in [0.25, 0.3) is 0 Å². The van der Waals surface area contributed by atoms with Crippen molar-refractivity contribution in [3.63, 3.8) is 0 Å². The lowest BCUT2D eigenvalue weighted by atomic mass is 9.95. The molecule has 0 N–H and O–H groups in total. The molecule has 0 spiro atoms. The topological polar surface area (TPSA) is 3.24 Å². The number of benzene rings is 10. The highest BCUT2D eigenvalue weighted by Crippen LogP contribution is 2.46. The molecule has 0 saturated carbocycles. The van der Waals surface area contributed by atoms with Gasteiger partial charge in [-0.1, -0.05) is 152 Å². The zero-order chi connectivity index (χ0) is 35.6. The Morgan fingerprint density at radius 1 is 0.315 bits per heavy atom. The number of thiophene rings is 1. The summed E-state index contributed by atoms with van der Waals surface area (Å²) in [5.41, 5.74) is 8.26. The van der Waals surface area contributed by atoms with Crippen LogP contribution in [0.25, 0.3) is 85.5 Å². The lowest BCUT2D eigenvalue weighted by Gasteiger charge is -2.29. The molecule has 0 aliphatic heterocycles. The Bertz CT molecular complexity index is 3220. The van der Waals surface area contributed by atoms with Crippen LogP contribution in [0.4, 0.5) is 17.1 Å². The normalized spacial score (nSPS) is 11.7. The number of hydrogen-bond donors (Lipinski definition) is 0. The molecule has 2 heteroatoms. The average molecular weight is 704 g/mol. The van der Waals surface area contributed by atoms with Crippen molar-refractivity contribution < 1.29 is 0 Å². The van der Waals surface area contributed by atoms with E-state index in [0.717, 1.165) is 17.1 Å². The molecule has 0 saturated heterocycles. The smallest absolute Gasteiger partial charge is 0.0540 e. The van der Waals surface area contributed by atoms with Crippen molar-refractivity contribution in [2.45, 2.75) is 0 Å². The van der Waals surface area contributed by atoms with E-state index >= 15 is 0 Å². The fraction of sp³-hybridized carbons (Fsp3) is 0. The van der Waals surface area contributed by atoms with Crippen LogP contribution in [0.15, 0.2) is 200 Å². The van der Waals surface area contributed by atoms with E-state index in [-0.39, 0.29) is 0 Å². The van der Waals surface area contributed by atoms with Gasteiger partial charge in [-0.2, -0.15) is 0 Å². The van der Waals surface area contributed by atoms with Crippen molar-refractivity contribution in [3.05, 3.63) is 200 Å². The number of hydrogen-bond acceptors (Lipinski definition) is 2. The van der Waals surface area contributed by atoms with Crippen LogP contribution in [0.2, 0.25) is 0 Å². The average Bonchev–Trinajstić information content (AvgIpc) is 3.60. The highest BCUT2D eigenvalue weighted by molar-refractivity contribution is 7.26. The Labute approximate surface area is 317 Å². The zero-order valence-corrected chi connectivity index (χ0v) is 30.2. The van der Waals surface area contributed by atoms with Crippen molar-refractivity contribution >= 4 is 91.7 Å². The van der Waals surface area contributed by atoms with Crippen LogP contribution in [-0.2, 0) is 0 Å². The van der Waals surface area contributed by atoms with Crippen molar-refractivity contribution in [3.8, 4) is 22.3 Å². The quantitative estimate of drug-likeness (QED) is 0.161. The molecule has 11 aromatic rings. The summed E-state index contributed by atoms with van der Waals surface area (Å²) >= 11 is 1.88. The van der Waals surface area contributed by atoms with Crippen LogP contribution < -0.4 is 4.90 Å². The first-order chi connectivity index (χ1) is 26.8. The molecule has 1 nitrogen and oxygen atoms in total. The van der Waals surface area contributed by atoms with Gasteiger partial charge in [0.15, 0.2) is 0 Å². The fourth-order valence-electron chi connectivity index (χ4n) is 8.46. The van der Waals surface area contributed by atoms with E-state index in [1.165, 1.54) is 85.5 Å². The largest absolute Gasteiger partial charge is 0.310 e. The van der Waals surface area contributed by atoms with Gasteiger partial charge in [0.1, 0.15) is 0 Å². The van der Waals surface area contributed by atoms with E-state index in [1.807, 2.05) is 11.3 Å². The molecule has 0 fully saturated rings. The van der Waals surface area contributed by atoms with Gasteiger partial charge in [-0.3, -0.25) is 0 Å². The van der Waals surface area contributed by atoms with Gasteiger partial charge < -0.3 is 4.90 Å². The first kappa shape index (κ1) is 30.8. The van der Waals surface area contributed by atoms with Crippen molar-refractivity contribution in [2.75, 3.05) is 4.90 Å². The summed E-state index contributed by atoms with van der Waals surface area (Å²) in [6.07, 6.45) is 0. The molecular weight excluding hydrogens is 671 g/mol. The van der Waals surface area contributed by atoms with Crippen molar-refractivity contribution in [1.29, 1.82) is 0 Å². The van der Waals surface area contributed by atoms with Gasteiger partial charge in [0, 0.05) is 37.1 Å². The third-order valence-electron chi connectivity index (χ3n) is 11.0. The second-order valence-electron chi connectivity index (χ2n) is 14.1. The number of rotatable bonds is 5. The lowest BCUT2D eigenvalue weighted by molar-refractivity contribution is 1.29. The van der Waals surface area contributed by atoms with Crippen molar-refractivity contribution in [1.82, 2.24) is 0 Å². The minimum atomic E-state index is 1.11. The summed E-state index contributed by atoms with van der Waals surface area (Å²) in [6.45, 7) is 0. The molecule has 0 atom stereocenters. The van der Waals surface area contributed by atoms with E-state index in [2.05, 4.69) is 205 Å². The Kier molecular flexibility index (Phi) is 7.11. The molecule has 0 amide bonds. The van der Waals surface area contributed by atoms with Gasteiger partial charge in [-0.05, 0) is 108 Å². The highest BCUT2D eigenvalue weighted by atomic mass is 32.1. The minimum Gasteiger partial charge on any atom is -0.310 e. The van der Waals surface area contributed by atoms with Crippen LogP contribution >= 0.6 is 11.3 Å². The number of anilines is 3. The molecule has 252 valence electrons. The molecule has 0 aliphatic carbocycles. The molecule has 1 aromatic heterocycles. The first-order valence-corrected chi connectivity index (χ1v) is 19.3. The molecular formula is C52H33NS.